The third-order valence-electron chi connectivity index (χ3n) is 2.16. The van der Waals surface area contributed by atoms with Crippen molar-refractivity contribution in [3.63, 3.8) is 0 Å². The van der Waals surface area contributed by atoms with E-state index in [2.05, 4.69) is 5.32 Å². The number of rotatable bonds is 4. The first kappa shape index (κ1) is 9.86. The summed E-state index contributed by atoms with van der Waals surface area (Å²) in [5, 5.41) is 3.26. The van der Waals surface area contributed by atoms with Crippen LogP contribution in [0.15, 0.2) is 0 Å². The van der Waals surface area contributed by atoms with E-state index in [0.717, 1.165) is 26.1 Å². The van der Waals surface area contributed by atoms with E-state index in [-0.39, 0.29) is 6.54 Å². The number of likely N-dealkylation sites (N-methyl/N-ethyl adjacent to an activating group) is 1. The predicted octanol–water partition coefficient (Wildman–Crippen LogP) is 0.935. The number of nitrogens with zero attached hydrogens (tertiary/aromatic N) is 1. The third-order valence-corrected chi connectivity index (χ3v) is 2.16. The highest BCUT2D eigenvalue weighted by molar-refractivity contribution is 4.80. The summed E-state index contributed by atoms with van der Waals surface area (Å²) in [5.74, 6) is 0. The quantitative estimate of drug-likeness (QED) is 0.689. The maximum atomic E-state index is 11.9. The van der Waals surface area contributed by atoms with Gasteiger partial charge in [-0.05, 0) is 19.5 Å². The van der Waals surface area contributed by atoms with E-state index >= 15 is 0 Å². The minimum atomic E-state index is -2.19. The Morgan fingerprint density at radius 1 is 1.58 bits per heavy atom. The largest absolute Gasteiger partial charge is 0.313 e. The van der Waals surface area contributed by atoms with Crippen molar-refractivity contribution in [2.45, 2.75) is 25.8 Å². The molecule has 0 saturated carbocycles. The highest BCUT2D eigenvalue weighted by atomic mass is 19.3. The summed E-state index contributed by atoms with van der Waals surface area (Å²) in [6.45, 7) is 4.48. The molecule has 0 bridgehead atoms. The Balaban J connectivity index is 2.16. The molecular formula is C8H16F2N2. The Morgan fingerprint density at radius 3 is 2.92 bits per heavy atom. The molecule has 0 aromatic carbocycles. The summed E-state index contributed by atoms with van der Waals surface area (Å²) in [4.78, 5) is 1.82. The molecule has 0 aromatic rings. The summed E-state index contributed by atoms with van der Waals surface area (Å²) >= 11 is 0. The van der Waals surface area contributed by atoms with Gasteiger partial charge in [0.05, 0.1) is 6.54 Å². The Labute approximate surface area is 71.9 Å². The monoisotopic (exact) mass is 178 g/mol. The van der Waals surface area contributed by atoms with Crippen LogP contribution < -0.4 is 5.32 Å². The second kappa shape index (κ2) is 4.72. The van der Waals surface area contributed by atoms with Crippen molar-refractivity contribution >= 4 is 0 Å². The van der Waals surface area contributed by atoms with Gasteiger partial charge in [0.1, 0.15) is 0 Å². The molecule has 0 radical (unpaired) electrons. The first-order valence-electron chi connectivity index (χ1n) is 4.46. The Kier molecular flexibility index (Phi) is 3.88. The van der Waals surface area contributed by atoms with Crippen molar-refractivity contribution in [1.82, 2.24) is 10.2 Å². The number of likely N-dealkylation sites (tertiary alicyclic amines) is 1. The van der Waals surface area contributed by atoms with Gasteiger partial charge in [0.25, 0.3) is 6.43 Å². The second-order valence-electron chi connectivity index (χ2n) is 3.19. The normalized spacial score (nSPS) is 25.5. The highest BCUT2D eigenvalue weighted by Crippen LogP contribution is 2.10. The molecule has 2 nitrogen and oxygen atoms in total. The lowest BCUT2D eigenvalue weighted by atomic mass is 10.3. The molecule has 12 heavy (non-hydrogen) atoms. The highest BCUT2D eigenvalue weighted by Gasteiger charge is 2.23. The van der Waals surface area contributed by atoms with Gasteiger partial charge in [-0.2, -0.15) is 0 Å². The van der Waals surface area contributed by atoms with Crippen LogP contribution in [-0.2, 0) is 0 Å². The maximum absolute atomic E-state index is 11.9. The second-order valence-corrected chi connectivity index (χ2v) is 3.19. The fourth-order valence-corrected chi connectivity index (χ4v) is 1.65. The number of nitrogens with one attached hydrogen (secondary N) is 1. The van der Waals surface area contributed by atoms with Gasteiger partial charge in [0, 0.05) is 12.6 Å². The molecule has 1 atom stereocenters. The number of alkyl halides is 2. The van der Waals surface area contributed by atoms with Crippen molar-refractivity contribution in [2.75, 3.05) is 26.2 Å². The molecule has 0 aliphatic carbocycles. The molecule has 1 saturated heterocycles. The topological polar surface area (TPSA) is 15.3 Å². The standard InChI is InChI=1S/C8H16F2N2/c1-2-11-7-3-4-12(5-7)6-8(9)10/h7-8,11H,2-6H2,1H3. The van der Waals surface area contributed by atoms with Crippen LogP contribution in [0.2, 0.25) is 0 Å². The summed E-state index contributed by atoms with van der Waals surface area (Å²) < 4.78 is 23.9. The van der Waals surface area contributed by atoms with Gasteiger partial charge in [-0.15, -0.1) is 0 Å². The molecule has 4 heteroatoms. The van der Waals surface area contributed by atoms with Gasteiger partial charge in [-0.25, -0.2) is 8.78 Å². The predicted molar refractivity (Wildman–Crippen MR) is 44.5 cm³/mol. The van der Waals surface area contributed by atoms with E-state index in [9.17, 15) is 8.78 Å². The SMILES string of the molecule is CCNC1CCN(CC(F)F)C1. The fraction of sp³-hybridized carbons (Fsp3) is 1.00. The summed E-state index contributed by atoms with van der Waals surface area (Å²) in [6, 6.07) is 0.425. The van der Waals surface area contributed by atoms with Crippen molar-refractivity contribution < 1.29 is 8.78 Å². The zero-order chi connectivity index (χ0) is 8.97. The zero-order valence-electron chi connectivity index (χ0n) is 7.39. The van der Waals surface area contributed by atoms with E-state index in [1.54, 1.807) is 0 Å². The van der Waals surface area contributed by atoms with Crippen LogP contribution in [0.25, 0.3) is 0 Å². The molecule has 1 heterocycles. The maximum Gasteiger partial charge on any atom is 0.251 e. The van der Waals surface area contributed by atoms with Gasteiger partial charge in [0.15, 0.2) is 0 Å². The van der Waals surface area contributed by atoms with Crippen LogP contribution in [-0.4, -0.2) is 43.5 Å². The van der Waals surface area contributed by atoms with Crippen LogP contribution in [0, 0.1) is 0 Å². The summed E-state index contributed by atoms with van der Waals surface area (Å²) in [7, 11) is 0. The Hall–Kier alpha value is -0.220. The lowest BCUT2D eigenvalue weighted by molar-refractivity contribution is 0.0986. The van der Waals surface area contributed by atoms with Gasteiger partial charge in [-0.1, -0.05) is 6.92 Å². The van der Waals surface area contributed by atoms with Crippen molar-refractivity contribution in [3.05, 3.63) is 0 Å². The molecule has 0 aromatic heterocycles. The Morgan fingerprint density at radius 2 is 2.33 bits per heavy atom. The molecule has 1 rings (SSSR count). The van der Waals surface area contributed by atoms with E-state index < -0.39 is 6.43 Å². The lowest BCUT2D eigenvalue weighted by Crippen LogP contribution is -2.33. The van der Waals surface area contributed by atoms with Crippen molar-refractivity contribution in [1.29, 1.82) is 0 Å². The number of hydrogen-bond acceptors (Lipinski definition) is 2. The van der Waals surface area contributed by atoms with E-state index in [0.29, 0.717) is 6.04 Å². The summed E-state index contributed by atoms with van der Waals surface area (Å²) in [5.41, 5.74) is 0. The van der Waals surface area contributed by atoms with E-state index in [4.69, 9.17) is 0 Å². The van der Waals surface area contributed by atoms with Crippen molar-refractivity contribution in [3.8, 4) is 0 Å². The summed E-state index contributed by atoms with van der Waals surface area (Å²) in [6.07, 6.45) is -1.19. The van der Waals surface area contributed by atoms with Gasteiger partial charge in [0.2, 0.25) is 0 Å². The van der Waals surface area contributed by atoms with Gasteiger partial charge >= 0.3 is 0 Å². The molecular weight excluding hydrogens is 162 g/mol. The molecule has 1 fully saturated rings. The van der Waals surface area contributed by atoms with Gasteiger partial charge < -0.3 is 5.32 Å². The van der Waals surface area contributed by atoms with Crippen LogP contribution in [0.3, 0.4) is 0 Å². The first-order valence-corrected chi connectivity index (χ1v) is 4.46. The van der Waals surface area contributed by atoms with Crippen LogP contribution in [0.4, 0.5) is 8.78 Å². The van der Waals surface area contributed by atoms with Crippen molar-refractivity contribution in [2.24, 2.45) is 0 Å². The molecule has 1 N–H and O–H groups in total. The average molecular weight is 178 g/mol. The molecule has 1 aliphatic rings. The average Bonchev–Trinajstić information content (AvgIpc) is 2.36. The smallest absolute Gasteiger partial charge is 0.251 e. The van der Waals surface area contributed by atoms with Crippen LogP contribution >= 0.6 is 0 Å². The number of hydrogen-bond donors (Lipinski definition) is 1. The molecule has 0 spiro atoms. The van der Waals surface area contributed by atoms with Gasteiger partial charge in [-0.3, -0.25) is 4.90 Å². The minimum Gasteiger partial charge on any atom is -0.313 e. The molecule has 1 unspecified atom stereocenters. The van der Waals surface area contributed by atoms with Crippen LogP contribution in [0.5, 0.6) is 0 Å². The van der Waals surface area contributed by atoms with E-state index in [1.165, 1.54) is 0 Å². The number of halogens is 2. The first-order chi connectivity index (χ1) is 5.72. The minimum absolute atomic E-state index is 0.0676. The van der Waals surface area contributed by atoms with E-state index in [1.807, 2.05) is 11.8 Å². The Bertz CT molecular complexity index is 130. The van der Waals surface area contributed by atoms with Crippen LogP contribution in [0.1, 0.15) is 13.3 Å². The lowest BCUT2D eigenvalue weighted by Gasteiger charge is -2.15. The molecule has 1 aliphatic heterocycles. The molecule has 0 amide bonds. The zero-order valence-corrected chi connectivity index (χ0v) is 7.39. The third kappa shape index (κ3) is 3.03. The molecule has 72 valence electrons. The fourth-order valence-electron chi connectivity index (χ4n) is 1.65.